The standard InChI is InChI=1S/C10H10O5/c1-10(15,9(13)14)7-4-2-3-6(5-7)8(11)12/h2-5,15H,1H3,(H,11,12)(H,13,14)/t10-/m1/s1. The number of aliphatic carboxylic acids is 1. The Morgan fingerprint density at radius 3 is 2.33 bits per heavy atom. The van der Waals surface area contributed by atoms with Crippen LogP contribution in [0.5, 0.6) is 0 Å². The molecule has 0 aromatic heterocycles. The van der Waals surface area contributed by atoms with Crippen molar-refractivity contribution >= 4 is 11.9 Å². The first-order valence-corrected chi connectivity index (χ1v) is 4.15. The van der Waals surface area contributed by atoms with Gasteiger partial charge in [0.05, 0.1) is 5.56 Å². The van der Waals surface area contributed by atoms with Crippen LogP contribution < -0.4 is 0 Å². The maximum Gasteiger partial charge on any atom is 0.340 e. The Balaban J connectivity index is 3.21. The molecule has 0 fully saturated rings. The summed E-state index contributed by atoms with van der Waals surface area (Å²) in [5.74, 6) is -2.59. The number of carboxylic acid groups (broad SMARTS) is 2. The van der Waals surface area contributed by atoms with E-state index in [2.05, 4.69) is 0 Å². The Labute approximate surface area is 85.6 Å². The van der Waals surface area contributed by atoms with Gasteiger partial charge < -0.3 is 15.3 Å². The minimum absolute atomic E-state index is 0.0369. The van der Waals surface area contributed by atoms with E-state index in [1.165, 1.54) is 18.2 Å². The smallest absolute Gasteiger partial charge is 0.340 e. The van der Waals surface area contributed by atoms with E-state index >= 15 is 0 Å². The minimum Gasteiger partial charge on any atom is -0.479 e. The van der Waals surface area contributed by atoms with Crippen LogP contribution in [-0.2, 0) is 10.4 Å². The molecule has 80 valence electrons. The van der Waals surface area contributed by atoms with Crippen molar-refractivity contribution in [1.29, 1.82) is 0 Å². The molecule has 0 radical (unpaired) electrons. The summed E-state index contributed by atoms with van der Waals surface area (Å²) in [4.78, 5) is 21.3. The number of aliphatic hydroxyl groups is 1. The van der Waals surface area contributed by atoms with Crippen LogP contribution in [0.4, 0.5) is 0 Å². The Morgan fingerprint density at radius 2 is 1.87 bits per heavy atom. The number of rotatable bonds is 3. The molecule has 0 aliphatic heterocycles. The molecule has 0 heterocycles. The van der Waals surface area contributed by atoms with Crippen molar-refractivity contribution in [2.24, 2.45) is 0 Å². The molecule has 15 heavy (non-hydrogen) atoms. The third-order valence-corrected chi connectivity index (χ3v) is 2.09. The van der Waals surface area contributed by atoms with Gasteiger partial charge in [0.2, 0.25) is 0 Å². The van der Waals surface area contributed by atoms with Crippen molar-refractivity contribution in [3.05, 3.63) is 35.4 Å². The summed E-state index contributed by atoms with van der Waals surface area (Å²) in [5.41, 5.74) is -2.10. The number of carbonyl (C=O) groups is 2. The minimum atomic E-state index is -2.08. The van der Waals surface area contributed by atoms with Crippen LogP contribution in [0.1, 0.15) is 22.8 Å². The fourth-order valence-corrected chi connectivity index (χ4v) is 1.08. The first-order valence-electron chi connectivity index (χ1n) is 4.15. The molecule has 5 nitrogen and oxygen atoms in total. The van der Waals surface area contributed by atoms with Gasteiger partial charge in [-0.3, -0.25) is 0 Å². The molecule has 0 bridgehead atoms. The summed E-state index contributed by atoms with van der Waals surface area (Å²) in [6.07, 6.45) is 0. The normalized spacial score (nSPS) is 14.3. The van der Waals surface area contributed by atoms with E-state index in [1.807, 2.05) is 0 Å². The molecule has 0 unspecified atom stereocenters. The van der Waals surface area contributed by atoms with E-state index in [9.17, 15) is 14.7 Å². The monoisotopic (exact) mass is 210 g/mol. The van der Waals surface area contributed by atoms with Gasteiger partial charge in [0, 0.05) is 0 Å². The Hall–Kier alpha value is -1.88. The summed E-state index contributed by atoms with van der Waals surface area (Å²) in [6.45, 7) is 1.09. The molecule has 0 saturated carbocycles. The number of hydrogen-bond acceptors (Lipinski definition) is 3. The first-order chi connectivity index (χ1) is 6.85. The molecule has 0 aliphatic rings. The van der Waals surface area contributed by atoms with Gasteiger partial charge in [-0.15, -0.1) is 0 Å². The van der Waals surface area contributed by atoms with E-state index in [1.54, 1.807) is 0 Å². The number of aromatic carboxylic acids is 1. The molecule has 0 amide bonds. The van der Waals surface area contributed by atoms with Crippen LogP contribution in [0.3, 0.4) is 0 Å². The van der Waals surface area contributed by atoms with E-state index in [4.69, 9.17) is 10.2 Å². The van der Waals surface area contributed by atoms with Crippen LogP contribution in [0.2, 0.25) is 0 Å². The van der Waals surface area contributed by atoms with Gasteiger partial charge in [-0.25, -0.2) is 9.59 Å². The summed E-state index contributed by atoms with van der Waals surface area (Å²) in [5, 5.41) is 27.0. The van der Waals surface area contributed by atoms with E-state index in [0.717, 1.165) is 13.0 Å². The lowest BCUT2D eigenvalue weighted by molar-refractivity contribution is -0.157. The zero-order valence-corrected chi connectivity index (χ0v) is 7.97. The average Bonchev–Trinajstić information content (AvgIpc) is 2.17. The van der Waals surface area contributed by atoms with Crippen LogP contribution in [0, 0.1) is 0 Å². The van der Waals surface area contributed by atoms with Gasteiger partial charge in [-0.1, -0.05) is 12.1 Å². The molecule has 1 atom stereocenters. The van der Waals surface area contributed by atoms with Crippen LogP contribution in [0.15, 0.2) is 24.3 Å². The van der Waals surface area contributed by atoms with Crippen molar-refractivity contribution in [2.75, 3.05) is 0 Å². The fourth-order valence-electron chi connectivity index (χ4n) is 1.08. The lowest BCUT2D eigenvalue weighted by atomic mass is 9.95. The average molecular weight is 210 g/mol. The zero-order chi connectivity index (χ0) is 11.6. The van der Waals surface area contributed by atoms with Crippen LogP contribution in [-0.4, -0.2) is 27.3 Å². The summed E-state index contributed by atoms with van der Waals surface area (Å²) in [7, 11) is 0. The molecule has 1 aromatic carbocycles. The fraction of sp³-hybridized carbons (Fsp3) is 0.200. The van der Waals surface area contributed by atoms with Gasteiger partial charge in [0.25, 0.3) is 0 Å². The Bertz CT molecular complexity index is 408. The third-order valence-electron chi connectivity index (χ3n) is 2.09. The highest BCUT2D eigenvalue weighted by Crippen LogP contribution is 2.21. The second-order valence-electron chi connectivity index (χ2n) is 3.26. The van der Waals surface area contributed by atoms with Crippen molar-refractivity contribution in [2.45, 2.75) is 12.5 Å². The largest absolute Gasteiger partial charge is 0.479 e. The highest BCUT2D eigenvalue weighted by Gasteiger charge is 2.32. The number of hydrogen-bond donors (Lipinski definition) is 3. The summed E-state index contributed by atoms with van der Waals surface area (Å²) >= 11 is 0. The van der Waals surface area contributed by atoms with Crippen molar-refractivity contribution < 1.29 is 24.9 Å². The van der Waals surface area contributed by atoms with Gasteiger partial charge in [0.1, 0.15) is 0 Å². The second-order valence-corrected chi connectivity index (χ2v) is 3.26. The zero-order valence-electron chi connectivity index (χ0n) is 7.97. The van der Waals surface area contributed by atoms with E-state index < -0.39 is 17.5 Å². The van der Waals surface area contributed by atoms with Crippen LogP contribution in [0.25, 0.3) is 0 Å². The topological polar surface area (TPSA) is 94.8 Å². The van der Waals surface area contributed by atoms with Crippen molar-refractivity contribution in [1.82, 2.24) is 0 Å². The maximum absolute atomic E-state index is 10.7. The highest BCUT2D eigenvalue weighted by molar-refractivity contribution is 5.88. The van der Waals surface area contributed by atoms with Crippen molar-refractivity contribution in [3.8, 4) is 0 Å². The predicted molar refractivity (Wildman–Crippen MR) is 50.6 cm³/mol. The highest BCUT2D eigenvalue weighted by atomic mass is 16.4. The van der Waals surface area contributed by atoms with E-state index in [-0.39, 0.29) is 11.1 Å². The maximum atomic E-state index is 10.7. The molecular formula is C10H10O5. The Morgan fingerprint density at radius 1 is 1.27 bits per heavy atom. The molecule has 1 aromatic rings. The van der Waals surface area contributed by atoms with Gasteiger partial charge in [0.15, 0.2) is 5.60 Å². The second kappa shape index (κ2) is 3.70. The number of benzene rings is 1. The molecule has 0 saturated heterocycles. The third kappa shape index (κ3) is 2.13. The quantitative estimate of drug-likeness (QED) is 0.681. The van der Waals surface area contributed by atoms with Crippen LogP contribution >= 0.6 is 0 Å². The first kappa shape index (κ1) is 11.2. The predicted octanol–water partition coefficient (Wildman–Crippen LogP) is 0.677. The molecule has 0 spiro atoms. The van der Waals surface area contributed by atoms with Gasteiger partial charge in [-0.05, 0) is 24.6 Å². The SMILES string of the molecule is C[C@](O)(C(=O)O)c1cccc(C(=O)O)c1. The molecule has 3 N–H and O–H groups in total. The summed E-state index contributed by atoms with van der Waals surface area (Å²) < 4.78 is 0. The van der Waals surface area contributed by atoms with Crippen molar-refractivity contribution in [3.63, 3.8) is 0 Å². The number of carboxylic acids is 2. The lowest BCUT2D eigenvalue weighted by Gasteiger charge is -2.18. The van der Waals surface area contributed by atoms with Gasteiger partial charge >= 0.3 is 11.9 Å². The lowest BCUT2D eigenvalue weighted by Crippen LogP contribution is -2.31. The summed E-state index contributed by atoms with van der Waals surface area (Å²) in [6, 6.07) is 5.21. The molecule has 0 aliphatic carbocycles. The molecule has 5 heteroatoms. The molecular weight excluding hydrogens is 200 g/mol. The van der Waals surface area contributed by atoms with Gasteiger partial charge in [-0.2, -0.15) is 0 Å². The Kier molecular flexibility index (Phi) is 2.76. The van der Waals surface area contributed by atoms with E-state index in [0.29, 0.717) is 0 Å². The molecule has 1 rings (SSSR count).